The Kier molecular flexibility index (Phi) is 6.38. The highest BCUT2D eigenvalue weighted by Crippen LogP contribution is 2.48. The molecule has 0 spiro atoms. The standard InChI is InChI=1S/C23H36O/c1-3-19-8-10-20(11-9-19)21-12-14-22(15-13-21)23(18-24-4-2)16-6-5-7-17-23/h3,6-7,16-17,19-22H,1,4-5,8-15,18H2,2H3. The lowest BCUT2D eigenvalue weighted by Crippen LogP contribution is -2.36. The van der Waals surface area contributed by atoms with Crippen molar-refractivity contribution in [1.29, 1.82) is 0 Å². The minimum atomic E-state index is 0.180. The van der Waals surface area contributed by atoms with Crippen molar-refractivity contribution in [3.63, 3.8) is 0 Å². The van der Waals surface area contributed by atoms with Crippen LogP contribution in [0.15, 0.2) is 37.0 Å². The summed E-state index contributed by atoms with van der Waals surface area (Å²) in [4.78, 5) is 0. The maximum absolute atomic E-state index is 5.88. The van der Waals surface area contributed by atoms with Gasteiger partial charge in [0.15, 0.2) is 0 Å². The predicted molar refractivity (Wildman–Crippen MR) is 103 cm³/mol. The number of rotatable bonds is 6. The Morgan fingerprint density at radius 1 is 0.958 bits per heavy atom. The summed E-state index contributed by atoms with van der Waals surface area (Å²) >= 11 is 0. The Morgan fingerprint density at radius 2 is 1.54 bits per heavy atom. The fourth-order valence-corrected chi connectivity index (χ4v) is 5.45. The molecule has 0 unspecified atom stereocenters. The van der Waals surface area contributed by atoms with Gasteiger partial charge in [-0.05, 0) is 88.4 Å². The minimum absolute atomic E-state index is 0.180. The van der Waals surface area contributed by atoms with Crippen molar-refractivity contribution in [2.24, 2.45) is 29.1 Å². The largest absolute Gasteiger partial charge is 0.380 e. The van der Waals surface area contributed by atoms with Gasteiger partial charge in [0.25, 0.3) is 0 Å². The summed E-state index contributed by atoms with van der Waals surface area (Å²) in [6, 6.07) is 0. The second-order valence-corrected chi connectivity index (χ2v) is 8.31. The van der Waals surface area contributed by atoms with Crippen LogP contribution in [-0.2, 0) is 4.74 Å². The molecular formula is C23H36O. The van der Waals surface area contributed by atoms with E-state index in [9.17, 15) is 0 Å². The molecule has 1 heteroatoms. The molecule has 0 amide bonds. The van der Waals surface area contributed by atoms with E-state index in [2.05, 4.69) is 43.9 Å². The van der Waals surface area contributed by atoms with E-state index in [4.69, 9.17) is 4.74 Å². The molecule has 3 aliphatic carbocycles. The molecule has 134 valence electrons. The lowest BCUT2D eigenvalue weighted by molar-refractivity contribution is 0.0421. The molecule has 2 fully saturated rings. The first-order valence-electron chi connectivity index (χ1n) is 10.3. The van der Waals surface area contributed by atoms with Crippen molar-refractivity contribution in [3.05, 3.63) is 37.0 Å². The van der Waals surface area contributed by atoms with Crippen molar-refractivity contribution in [2.45, 2.75) is 64.7 Å². The zero-order valence-electron chi connectivity index (χ0n) is 15.6. The van der Waals surface area contributed by atoms with Crippen molar-refractivity contribution in [2.75, 3.05) is 13.2 Å². The molecule has 1 nitrogen and oxygen atoms in total. The molecule has 0 radical (unpaired) electrons. The molecule has 0 saturated heterocycles. The average molecular weight is 329 g/mol. The lowest BCUT2D eigenvalue weighted by Gasteiger charge is -2.43. The highest BCUT2D eigenvalue weighted by atomic mass is 16.5. The summed E-state index contributed by atoms with van der Waals surface area (Å²) in [6.07, 6.45) is 24.2. The molecular weight excluding hydrogens is 292 g/mol. The molecule has 0 aliphatic heterocycles. The quantitative estimate of drug-likeness (QED) is 0.518. The molecule has 0 aromatic rings. The van der Waals surface area contributed by atoms with Gasteiger partial charge in [0.1, 0.15) is 0 Å². The highest BCUT2D eigenvalue weighted by Gasteiger charge is 2.39. The van der Waals surface area contributed by atoms with Crippen LogP contribution in [0.3, 0.4) is 0 Å². The molecule has 24 heavy (non-hydrogen) atoms. The van der Waals surface area contributed by atoms with E-state index in [1.807, 2.05) is 0 Å². The zero-order valence-corrected chi connectivity index (χ0v) is 15.6. The molecule has 2 saturated carbocycles. The van der Waals surface area contributed by atoms with Gasteiger partial charge in [-0.1, -0.05) is 30.4 Å². The van der Waals surface area contributed by atoms with E-state index in [0.717, 1.165) is 43.3 Å². The van der Waals surface area contributed by atoms with Gasteiger partial charge in [-0.25, -0.2) is 0 Å². The van der Waals surface area contributed by atoms with E-state index in [1.54, 1.807) is 0 Å². The summed E-state index contributed by atoms with van der Waals surface area (Å²) in [7, 11) is 0. The van der Waals surface area contributed by atoms with Gasteiger partial charge in [-0.2, -0.15) is 0 Å². The summed E-state index contributed by atoms with van der Waals surface area (Å²) < 4.78 is 5.88. The lowest BCUT2D eigenvalue weighted by atomic mass is 9.62. The van der Waals surface area contributed by atoms with Crippen LogP contribution < -0.4 is 0 Å². The smallest absolute Gasteiger partial charge is 0.0594 e. The maximum Gasteiger partial charge on any atom is 0.0594 e. The van der Waals surface area contributed by atoms with Crippen molar-refractivity contribution in [3.8, 4) is 0 Å². The van der Waals surface area contributed by atoms with Crippen LogP contribution in [0.5, 0.6) is 0 Å². The highest BCUT2D eigenvalue weighted by molar-refractivity contribution is 5.20. The summed E-state index contributed by atoms with van der Waals surface area (Å²) in [5.74, 6) is 3.54. The topological polar surface area (TPSA) is 9.23 Å². The number of hydrogen-bond donors (Lipinski definition) is 0. The van der Waals surface area contributed by atoms with Gasteiger partial charge in [0, 0.05) is 12.0 Å². The Hall–Kier alpha value is -0.820. The van der Waals surface area contributed by atoms with Gasteiger partial charge in [0.05, 0.1) is 6.61 Å². The van der Waals surface area contributed by atoms with Crippen molar-refractivity contribution < 1.29 is 4.74 Å². The predicted octanol–water partition coefficient (Wildman–Crippen LogP) is 6.32. The molecule has 3 rings (SSSR count). The molecule has 0 N–H and O–H groups in total. The second kappa shape index (κ2) is 8.52. The normalized spacial score (nSPS) is 35.7. The van der Waals surface area contributed by atoms with Crippen molar-refractivity contribution >= 4 is 0 Å². The monoisotopic (exact) mass is 328 g/mol. The molecule has 3 aliphatic rings. The Balaban J connectivity index is 1.55. The Labute approximate surface area is 149 Å². The SMILES string of the molecule is C=CC1CCC(C2CCC(C3(COCC)C=CCC=C3)CC2)CC1. The third-order valence-corrected chi connectivity index (χ3v) is 7.03. The van der Waals surface area contributed by atoms with Crippen LogP contribution in [0.2, 0.25) is 0 Å². The average Bonchev–Trinajstić information content (AvgIpc) is 2.67. The van der Waals surface area contributed by atoms with E-state index >= 15 is 0 Å². The van der Waals surface area contributed by atoms with E-state index in [-0.39, 0.29) is 5.41 Å². The number of allylic oxidation sites excluding steroid dienone is 3. The zero-order chi connectivity index (χ0) is 16.8. The molecule has 0 aromatic carbocycles. The third-order valence-electron chi connectivity index (χ3n) is 7.03. The van der Waals surface area contributed by atoms with Crippen LogP contribution in [-0.4, -0.2) is 13.2 Å². The number of ether oxygens (including phenoxy) is 1. The van der Waals surface area contributed by atoms with Gasteiger partial charge in [-0.3, -0.25) is 0 Å². The first-order chi connectivity index (χ1) is 11.8. The van der Waals surface area contributed by atoms with Crippen LogP contribution in [0.4, 0.5) is 0 Å². The second-order valence-electron chi connectivity index (χ2n) is 8.31. The Bertz CT molecular complexity index is 433. The third kappa shape index (κ3) is 4.04. The Morgan fingerprint density at radius 3 is 2.08 bits per heavy atom. The van der Waals surface area contributed by atoms with Crippen LogP contribution in [0.25, 0.3) is 0 Å². The fraction of sp³-hybridized carbons (Fsp3) is 0.739. The van der Waals surface area contributed by atoms with Crippen LogP contribution in [0, 0.1) is 29.1 Å². The van der Waals surface area contributed by atoms with Crippen molar-refractivity contribution in [1.82, 2.24) is 0 Å². The van der Waals surface area contributed by atoms with E-state index < -0.39 is 0 Å². The fourth-order valence-electron chi connectivity index (χ4n) is 5.45. The van der Waals surface area contributed by atoms with Crippen LogP contribution >= 0.6 is 0 Å². The van der Waals surface area contributed by atoms with Crippen LogP contribution in [0.1, 0.15) is 64.7 Å². The minimum Gasteiger partial charge on any atom is -0.380 e. The maximum atomic E-state index is 5.88. The first kappa shape index (κ1) is 18.0. The summed E-state index contributed by atoms with van der Waals surface area (Å²) in [6.45, 7) is 7.80. The van der Waals surface area contributed by atoms with Gasteiger partial charge in [-0.15, -0.1) is 6.58 Å². The van der Waals surface area contributed by atoms with Gasteiger partial charge >= 0.3 is 0 Å². The number of hydrogen-bond acceptors (Lipinski definition) is 1. The van der Waals surface area contributed by atoms with E-state index in [1.165, 1.54) is 51.4 Å². The van der Waals surface area contributed by atoms with Gasteiger partial charge < -0.3 is 4.74 Å². The molecule has 0 atom stereocenters. The van der Waals surface area contributed by atoms with E-state index in [0.29, 0.717) is 0 Å². The summed E-state index contributed by atoms with van der Waals surface area (Å²) in [5.41, 5.74) is 0.180. The summed E-state index contributed by atoms with van der Waals surface area (Å²) in [5, 5.41) is 0. The molecule has 0 aromatic heterocycles. The van der Waals surface area contributed by atoms with Gasteiger partial charge in [0.2, 0.25) is 0 Å². The molecule has 0 heterocycles. The first-order valence-corrected chi connectivity index (χ1v) is 10.3. The molecule has 0 bridgehead atoms.